The molecule has 5 nitrogen and oxygen atoms in total. The van der Waals surface area contributed by atoms with Gasteiger partial charge in [-0.2, -0.15) is 5.10 Å². The van der Waals surface area contributed by atoms with Gasteiger partial charge in [-0.15, -0.1) is 0 Å². The maximum absolute atomic E-state index is 12.7. The average Bonchev–Trinajstić information content (AvgIpc) is 3.14. The van der Waals surface area contributed by atoms with Crippen molar-refractivity contribution in [1.29, 1.82) is 0 Å². The summed E-state index contributed by atoms with van der Waals surface area (Å²) in [5.41, 5.74) is 0.562. The largest absolute Gasteiger partial charge is 0.331 e. The molecule has 0 aliphatic carbocycles. The van der Waals surface area contributed by atoms with Gasteiger partial charge in [0.05, 0.1) is 6.04 Å². The van der Waals surface area contributed by atoms with E-state index in [1.165, 1.54) is 0 Å². The molecule has 0 saturated carbocycles. The molecule has 2 aliphatic rings. The lowest BCUT2D eigenvalue weighted by Crippen LogP contribution is -2.47. The molecule has 0 N–H and O–H groups in total. The maximum atomic E-state index is 12.7. The molecule has 4 heterocycles. The Balaban J connectivity index is 1.56. The minimum Gasteiger partial charge on any atom is -0.331 e. The van der Waals surface area contributed by atoms with Crippen molar-refractivity contribution in [1.82, 2.24) is 19.7 Å². The second-order valence-corrected chi connectivity index (χ2v) is 5.92. The maximum Gasteiger partial charge on any atom is 0.272 e. The molecule has 2 aliphatic heterocycles. The summed E-state index contributed by atoms with van der Waals surface area (Å²) >= 11 is 0. The fourth-order valence-corrected chi connectivity index (χ4v) is 3.81. The summed E-state index contributed by atoms with van der Waals surface area (Å²) in [5.74, 6) is 0.0852. The molecule has 108 valence electrons. The standard InChI is InChI=1S/C16H18N4O/c21-16(15-4-1-2-7-17-15)20-12-5-6-13(20)11-14(10-12)19-9-3-8-18-19/h1-4,7-9,12-14H,5-6,10-11H2. The van der Waals surface area contributed by atoms with Crippen LogP contribution >= 0.6 is 0 Å². The van der Waals surface area contributed by atoms with Crippen molar-refractivity contribution in [2.45, 2.75) is 43.8 Å². The van der Waals surface area contributed by atoms with Gasteiger partial charge >= 0.3 is 0 Å². The highest BCUT2D eigenvalue weighted by Crippen LogP contribution is 2.41. The molecule has 2 fully saturated rings. The van der Waals surface area contributed by atoms with Crippen molar-refractivity contribution in [3.05, 3.63) is 48.5 Å². The van der Waals surface area contributed by atoms with Gasteiger partial charge in [0, 0.05) is 30.7 Å². The smallest absolute Gasteiger partial charge is 0.272 e. The van der Waals surface area contributed by atoms with E-state index in [1.54, 1.807) is 12.3 Å². The third kappa shape index (κ3) is 2.13. The number of fused-ring (bicyclic) bond motifs is 2. The first-order chi connectivity index (χ1) is 10.3. The van der Waals surface area contributed by atoms with Crippen molar-refractivity contribution in [3.8, 4) is 0 Å². The summed E-state index contributed by atoms with van der Waals surface area (Å²) in [6.45, 7) is 0. The number of carbonyl (C=O) groups is 1. The van der Waals surface area contributed by atoms with Gasteiger partial charge in [-0.25, -0.2) is 0 Å². The highest BCUT2D eigenvalue weighted by Gasteiger charge is 2.44. The van der Waals surface area contributed by atoms with E-state index in [9.17, 15) is 4.79 Å². The molecule has 0 radical (unpaired) electrons. The fourth-order valence-electron chi connectivity index (χ4n) is 3.81. The van der Waals surface area contributed by atoms with Gasteiger partial charge in [-0.3, -0.25) is 14.5 Å². The summed E-state index contributed by atoms with van der Waals surface area (Å²) in [4.78, 5) is 19.0. The summed E-state index contributed by atoms with van der Waals surface area (Å²) in [7, 11) is 0. The molecule has 5 heteroatoms. The Bertz CT molecular complexity index is 611. The minimum atomic E-state index is 0.0852. The highest BCUT2D eigenvalue weighted by molar-refractivity contribution is 5.93. The zero-order valence-electron chi connectivity index (χ0n) is 11.8. The zero-order valence-corrected chi connectivity index (χ0v) is 11.8. The number of amides is 1. The Labute approximate surface area is 123 Å². The lowest BCUT2D eigenvalue weighted by molar-refractivity contribution is 0.0518. The van der Waals surface area contributed by atoms with Crippen LogP contribution in [0.2, 0.25) is 0 Å². The number of aromatic nitrogens is 3. The van der Waals surface area contributed by atoms with Crippen LogP contribution in [0.15, 0.2) is 42.9 Å². The van der Waals surface area contributed by atoms with Crippen LogP contribution in [0.4, 0.5) is 0 Å². The molecule has 2 saturated heterocycles. The van der Waals surface area contributed by atoms with E-state index >= 15 is 0 Å². The van der Waals surface area contributed by atoms with Crippen LogP contribution in [0.5, 0.6) is 0 Å². The predicted molar refractivity (Wildman–Crippen MR) is 77.7 cm³/mol. The van der Waals surface area contributed by atoms with Crippen molar-refractivity contribution >= 4 is 5.91 Å². The number of pyridine rings is 1. The van der Waals surface area contributed by atoms with Gasteiger partial charge in [-0.1, -0.05) is 6.07 Å². The SMILES string of the molecule is O=C(c1ccccn1)N1C2CCC1CC(n1cccn1)C2. The van der Waals surface area contributed by atoms with Gasteiger partial charge < -0.3 is 4.90 Å². The Morgan fingerprint density at radius 3 is 2.48 bits per heavy atom. The van der Waals surface area contributed by atoms with E-state index in [0.29, 0.717) is 23.8 Å². The summed E-state index contributed by atoms with van der Waals surface area (Å²) < 4.78 is 2.05. The van der Waals surface area contributed by atoms with Gasteiger partial charge in [0.15, 0.2) is 0 Å². The number of hydrogen-bond acceptors (Lipinski definition) is 3. The molecule has 4 rings (SSSR count). The lowest BCUT2D eigenvalue weighted by Gasteiger charge is -2.38. The first kappa shape index (κ1) is 12.6. The lowest BCUT2D eigenvalue weighted by atomic mass is 9.97. The zero-order chi connectivity index (χ0) is 14.2. The number of rotatable bonds is 2. The summed E-state index contributed by atoms with van der Waals surface area (Å²) in [6, 6.07) is 8.56. The highest BCUT2D eigenvalue weighted by atomic mass is 16.2. The molecule has 1 amide bonds. The number of nitrogens with zero attached hydrogens (tertiary/aromatic N) is 4. The van der Waals surface area contributed by atoms with Crippen molar-refractivity contribution in [3.63, 3.8) is 0 Å². The van der Waals surface area contributed by atoms with Crippen molar-refractivity contribution in [2.75, 3.05) is 0 Å². The monoisotopic (exact) mass is 282 g/mol. The minimum absolute atomic E-state index is 0.0852. The van der Waals surface area contributed by atoms with E-state index in [1.807, 2.05) is 35.3 Å². The topological polar surface area (TPSA) is 51.0 Å². The van der Waals surface area contributed by atoms with E-state index < -0.39 is 0 Å². The quantitative estimate of drug-likeness (QED) is 0.849. The summed E-state index contributed by atoms with van der Waals surface area (Å²) in [5, 5.41) is 4.37. The van der Waals surface area contributed by atoms with Crippen LogP contribution < -0.4 is 0 Å². The molecule has 0 aromatic carbocycles. The van der Waals surface area contributed by atoms with Gasteiger partial charge in [0.2, 0.25) is 0 Å². The fraction of sp³-hybridized carbons (Fsp3) is 0.438. The second-order valence-electron chi connectivity index (χ2n) is 5.92. The molecule has 2 atom stereocenters. The van der Waals surface area contributed by atoms with Crippen LogP contribution in [0.25, 0.3) is 0 Å². The van der Waals surface area contributed by atoms with Crippen LogP contribution in [0, 0.1) is 0 Å². The molecule has 2 bridgehead atoms. The Morgan fingerprint density at radius 2 is 1.86 bits per heavy atom. The van der Waals surface area contributed by atoms with Gasteiger partial charge in [0.1, 0.15) is 5.69 Å². The third-order valence-corrected chi connectivity index (χ3v) is 4.73. The summed E-state index contributed by atoms with van der Waals surface area (Å²) in [6.07, 6.45) is 9.73. The third-order valence-electron chi connectivity index (χ3n) is 4.73. The van der Waals surface area contributed by atoms with Crippen molar-refractivity contribution < 1.29 is 4.79 Å². The Hall–Kier alpha value is -2.17. The van der Waals surface area contributed by atoms with E-state index in [-0.39, 0.29) is 5.91 Å². The van der Waals surface area contributed by atoms with Gasteiger partial charge in [-0.05, 0) is 43.9 Å². The molecule has 0 spiro atoms. The molecule has 2 aromatic heterocycles. The second kappa shape index (κ2) is 4.98. The van der Waals surface area contributed by atoms with Crippen LogP contribution in [0.1, 0.15) is 42.2 Å². The number of carbonyl (C=O) groups excluding carboxylic acids is 1. The van der Waals surface area contributed by atoms with Crippen molar-refractivity contribution in [2.24, 2.45) is 0 Å². The first-order valence-corrected chi connectivity index (χ1v) is 7.56. The van der Waals surface area contributed by atoms with Crippen LogP contribution in [0.3, 0.4) is 0 Å². The van der Waals surface area contributed by atoms with Crippen LogP contribution in [-0.2, 0) is 0 Å². The van der Waals surface area contributed by atoms with E-state index in [0.717, 1.165) is 25.7 Å². The number of hydrogen-bond donors (Lipinski definition) is 0. The molecular weight excluding hydrogens is 264 g/mol. The average molecular weight is 282 g/mol. The molecular formula is C16H18N4O. The first-order valence-electron chi connectivity index (χ1n) is 7.56. The molecule has 21 heavy (non-hydrogen) atoms. The van der Waals surface area contributed by atoms with E-state index in [4.69, 9.17) is 0 Å². The molecule has 2 aromatic rings. The van der Waals surface area contributed by atoms with E-state index in [2.05, 4.69) is 15.0 Å². The Kier molecular flexibility index (Phi) is 2.98. The normalized spacial score (nSPS) is 27.8. The Morgan fingerprint density at radius 1 is 1.05 bits per heavy atom. The predicted octanol–water partition coefficient (Wildman–Crippen LogP) is 2.29. The number of piperidine rings is 1. The van der Waals surface area contributed by atoms with Crippen LogP contribution in [-0.4, -0.2) is 37.7 Å². The van der Waals surface area contributed by atoms with Gasteiger partial charge in [0.25, 0.3) is 5.91 Å². The molecule has 2 unspecified atom stereocenters.